The fourth-order valence-electron chi connectivity index (χ4n) is 1.27. The predicted octanol–water partition coefficient (Wildman–Crippen LogP) is 3.47. The minimum atomic E-state index is -0.337. The maximum Gasteiger partial charge on any atom is 0.127 e. The highest BCUT2D eigenvalue weighted by Gasteiger charge is 2.11. The molecular weight excluding hydrogens is 203 g/mol. The van der Waals surface area contributed by atoms with E-state index < -0.39 is 0 Å². The third-order valence-electron chi connectivity index (χ3n) is 2.02. The molecule has 3 heteroatoms. The van der Waals surface area contributed by atoms with E-state index in [0.717, 1.165) is 6.29 Å². The van der Waals surface area contributed by atoms with Crippen LogP contribution in [0.3, 0.4) is 0 Å². The van der Waals surface area contributed by atoms with E-state index in [-0.39, 0.29) is 11.2 Å². The summed E-state index contributed by atoms with van der Waals surface area (Å²) in [6.07, 6.45) is 2.66. The SMILES string of the molecule is O=CCCCC(Cl)c1ccccc1F. The first-order valence-electron chi connectivity index (χ1n) is 4.58. The normalized spacial score (nSPS) is 12.4. The van der Waals surface area contributed by atoms with Crippen molar-refractivity contribution in [2.24, 2.45) is 0 Å². The lowest BCUT2D eigenvalue weighted by Crippen LogP contribution is -1.94. The molecule has 0 fully saturated rings. The van der Waals surface area contributed by atoms with E-state index in [1.165, 1.54) is 6.07 Å². The van der Waals surface area contributed by atoms with E-state index >= 15 is 0 Å². The molecule has 76 valence electrons. The number of hydrogen-bond donors (Lipinski definition) is 0. The molecule has 14 heavy (non-hydrogen) atoms. The van der Waals surface area contributed by atoms with Gasteiger partial charge in [-0.1, -0.05) is 18.2 Å². The topological polar surface area (TPSA) is 17.1 Å². The van der Waals surface area contributed by atoms with Gasteiger partial charge >= 0.3 is 0 Å². The third kappa shape index (κ3) is 3.11. The number of carbonyl (C=O) groups excluding carboxylic acids is 1. The van der Waals surface area contributed by atoms with Crippen molar-refractivity contribution < 1.29 is 9.18 Å². The molecule has 0 N–H and O–H groups in total. The first-order chi connectivity index (χ1) is 6.75. The standard InChI is InChI=1S/C11H12ClFO/c12-10(6-3-4-8-14)9-5-1-2-7-11(9)13/h1-2,5,7-8,10H,3-4,6H2. The smallest absolute Gasteiger partial charge is 0.127 e. The fourth-order valence-corrected chi connectivity index (χ4v) is 1.60. The fraction of sp³-hybridized carbons (Fsp3) is 0.364. The lowest BCUT2D eigenvalue weighted by molar-refractivity contribution is -0.107. The first-order valence-corrected chi connectivity index (χ1v) is 5.01. The van der Waals surface area contributed by atoms with Crippen molar-refractivity contribution in [3.8, 4) is 0 Å². The predicted molar refractivity (Wildman–Crippen MR) is 54.9 cm³/mol. The Balaban J connectivity index is 2.55. The summed E-state index contributed by atoms with van der Waals surface area (Å²) in [4.78, 5) is 10.1. The summed E-state index contributed by atoms with van der Waals surface area (Å²) in [7, 11) is 0. The molecule has 0 aromatic heterocycles. The highest BCUT2D eigenvalue weighted by molar-refractivity contribution is 6.20. The van der Waals surface area contributed by atoms with Gasteiger partial charge in [0.15, 0.2) is 0 Å². The number of carbonyl (C=O) groups is 1. The number of benzene rings is 1. The van der Waals surface area contributed by atoms with Gasteiger partial charge in [0.25, 0.3) is 0 Å². The first kappa shape index (κ1) is 11.2. The second-order valence-electron chi connectivity index (χ2n) is 3.09. The van der Waals surface area contributed by atoms with Crippen molar-refractivity contribution in [1.82, 2.24) is 0 Å². The Kier molecular flexibility index (Phi) is 4.60. The summed E-state index contributed by atoms with van der Waals surface area (Å²) in [5, 5.41) is -0.337. The summed E-state index contributed by atoms with van der Waals surface area (Å²) >= 11 is 5.99. The van der Waals surface area contributed by atoms with Gasteiger partial charge < -0.3 is 4.79 Å². The number of hydrogen-bond acceptors (Lipinski definition) is 1. The molecule has 0 saturated carbocycles. The average molecular weight is 215 g/mol. The monoisotopic (exact) mass is 214 g/mol. The largest absolute Gasteiger partial charge is 0.303 e. The van der Waals surface area contributed by atoms with Crippen LogP contribution in [0.15, 0.2) is 24.3 Å². The Morgan fingerprint density at radius 1 is 1.43 bits per heavy atom. The molecule has 0 saturated heterocycles. The van der Waals surface area contributed by atoms with Crippen LogP contribution in [-0.4, -0.2) is 6.29 Å². The molecule has 0 heterocycles. The van der Waals surface area contributed by atoms with Crippen molar-refractivity contribution in [3.63, 3.8) is 0 Å². The van der Waals surface area contributed by atoms with Crippen molar-refractivity contribution >= 4 is 17.9 Å². The number of alkyl halides is 1. The van der Waals surface area contributed by atoms with Crippen LogP contribution >= 0.6 is 11.6 Å². The van der Waals surface area contributed by atoms with Gasteiger partial charge in [-0.15, -0.1) is 11.6 Å². The molecule has 0 aliphatic rings. The second-order valence-corrected chi connectivity index (χ2v) is 3.61. The lowest BCUT2D eigenvalue weighted by Gasteiger charge is -2.09. The van der Waals surface area contributed by atoms with Gasteiger partial charge in [0.05, 0.1) is 5.38 Å². The van der Waals surface area contributed by atoms with Crippen molar-refractivity contribution in [3.05, 3.63) is 35.6 Å². The van der Waals surface area contributed by atoms with Gasteiger partial charge in [-0.25, -0.2) is 4.39 Å². The molecule has 1 unspecified atom stereocenters. The Morgan fingerprint density at radius 2 is 2.14 bits per heavy atom. The van der Waals surface area contributed by atoms with E-state index in [4.69, 9.17) is 11.6 Å². The van der Waals surface area contributed by atoms with E-state index in [2.05, 4.69) is 0 Å². The molecule has 1 rings (SSSR count). The van der Waals surface area contributed by atoms with Crippen LogP contribution in [0.2, 0.25) is 0 Å². The van der Waals surface area contributed by atoms with Crippen LogP contribution in [0.5, 0.6) is 0 Å². The van der Waals surface area contributed by atoms with Gasteiger partial charge in [-0.3, -0.25) is 0 Å². The molecule has 1 atom stereocenters. The zero-order valence-corrected chi connectivity index (χ0v) is 8.51. The molecule has 0 radical (unpaired) electrons. The summed E-state index contributed by atoms with van der Waals surface area (Å²) in [6.45, 7) is 0. The van der Waals surface area contributed by atoms with Crippen LogP contribution in [0, 0.1) is 5.82 Å². The van der Waals surface area contributed by atoms with Crippen LogP contribution in [-0.2, 0) is 4.79 Å². The van der Waals surface area contributed by atoms with E-state index in [1.54, 1.807) is 18.2 Å². The van der Waals surface area contributed by atoms with Crippen molar-refractivity contribution in [1.29, 1.82) is 0 Å². The highest BCUT2D eigenvalue weighted by atomic mass is 35.5. The van der Waals surface area contributed by atoms with E-state index in [9.17, 15) is 9.18 Å². The summed E-state index contributed by atoms with van der Waals surface area (Å²) in [5.74, 6) is -0.279. The quantitative estimate of drug-likeness (QED) is 0.417. The summed E-state index contributed by atoms with van der Waals surface area (Å²) in [5.41, 5.74) is 0.514. The Bertz CT molecular complexity index is 301. The second kappa shape index (κ2) is 5.76. The molecule has 0 spiro atoms. The van der Waals surface area contributed by atoms with Gasteiger partial charge in [0.2, 0.25) is 0 Å². The molecule has 0 bridgehead atoms. The molecule has 1 aromatic rings. The van der Waals surface area contributed by atoms with E-state index in [0.29, 0.717) is 24.8 Å². The highest BCUT2D eigenvalue weighted by Crippen LogP contribution is 2.27. The zero-order chi connectivity index (χ0) is 10.4. The van der Waals surface area contributed by atoms with Crippen molar-refractivity contribution in [2.45, 2.75) is 24.6 Å². The summed E-state index contributed by atoms with van der Waals surface area (Å²) in [6, 6.07) is 6.46. The van der Waals surface area contributed by atoms with Crippen LogP contribution in [0.4, 0.5) is 4.39 Å². The van der Waals surface area contributed by atoms with E-state index in [1.807, 2.05) is 0 Å². The Labute approximate surface area is 87.9 Å². The molecular formula is C11H12ClFO. The number of rotatable bonds is 5. The minimum Gasteiger partial charge on any atom is -0.303 e. The molecule has 1 nitrogen and oxygen atoms in total. The van der Waals surface area contributed by atoms with Crippen molar-refractivity contribution in [2.75, 3.05) is 0 Å². The Morgan fingerprint density at radius 3 is 2.79 bits per heavy atom. The van der Waals surface area contributed by atoms with Gasteiger partial charge in [0, 0.05) is 12.0 Å². The zero-order valence-electron chi connectivity index (χ0n) is 7.75. The third-order valence-corrected chi connectivity index (χ3v) is 2.48. The molecule has 0 amide bonds. The van der Waals surface area contributed by atoms with Crippen LogP contribution in [0.25, 0.3) is 0 Å². The maximum atomic E-state index is 13.2. The lowest BCUT2D eigenvalue weighted by atomic mass is 10.1. The number of unbranched alkanes of at least 4 members (excludes halogenated alkanes) is 1. The minimum absolute atomic E-state index is 0.279. The van der Waals surface area contributed by atoms with Gasteiger partial charge in [-0.05, 0) is 18.9 Å². The van der Waals surface area contributed by atoms with Crippen LogP contribution < -0.4 is 0 Å². The van der Waals surface area contributed by atoms with Crippen LogP contribution in [0.1, 0.15) is 30.2 Å². The maximum absolute atomic E-state index is 13.2. The summed E-state index contributed by atoms with van der Waals surface area (Å²) < 4.78 is 13.2. The van der Waals surface area contributed by atoms with Gasteiger partial charge in [0.1, 0.15) is 12.1 Å². The molecule has 1 aromatic carbocycles. The van der Waals surface area contributed by atoms with Gasteiger partial charge in [-0.2, -0.15) is 0 Å². The Hall–Kier alpha value is -0.890. The number of halogens is 2. The molecule has 0 aliphatic carbocycles. The average Bonchev–Trinajstić information content (AvgIpc) is 2.18. The molecule has 0 aliphatic heterocycles. The number of aldehydes is 1.